The highest BCUT2D eigenvalue weighted by Crippen LogP contribution is 2.77. The highest BCUT2D eigenvalue weighted by atomic mass is 16.4. The Bertz CT molecular complexity index is 1250. The van der Waals surface area contributed by atoms with Gasteiger partial charge in [0.25, 0.3) is 0 Å². The van der Waals surface area contributed by atoms with Gasteiger partial charge < -0.3 is 20.8 Å². The average molecular weight is 669 g/mol. The summed E-state index contributed by atoms with van der Waals surface area (Å²) in [5, 5.41) is 26.0. The molecule has 5 rings (SSSR count). The third kappa shape index (κ3) is 6.08. The van der Waals surface area contributed by atoms with Crippen LogP contribution in [0.1, 0.15) is 151 Å². The molecule has 0 heterocycles. The number of aliphatic hydroxyl groups is 1. The normalized spacial score (nSPS) is 41.9. The quantitative estimate of drug-likeness (QED) is 0.124. The number of rotatable bonds is 12. The minimum Gasteiger partial charge on any atom is -0.480 e. The molecular weight excluding hydrogens is 600 g/mol. The molecule has 2 amide bonds. The lowest BCUT2D eigenvalue weighted by molar-refractivity contribution is -0.246. The van der Waals surface area contributed by atoms with Gasteiger partial charge in [-0.2, -0.15) is 0 Å². The number of aliphatic hydroxyl groups excluding tert-OH is 1. The van der Waals surface area contributed by atoms with Crippen LogP contribution in [0.5, 0.6) is 0 Å². The number of unbranched alkanes of at least 4 members (excludes halogenated alkanes) is 4. The predicted octanol–water partition coefficient (Wildman–Crippen LogP) is 8.05. The summed E-state index contributed by atoms with van der Waals surface area (Å²) in [6, 6.07) is -0.856. The Kier molecular flexibility index (Phi) is 10.6. The van der Waals surface area contributed by atoms with Crippen LogP contribution in [0.2, 0.25) is 0 Å². The number of aliphatic carboxylic acids is 1. The Morgan fingerprint density at radius 1 is 0.812 bits per heavy atom. The van der Waals surface area contributed by atoms with Crippen LogP contribution in [0.25, 0.3) is 0 Å². The fraction of sp³-hybridized carbons (Fsp3) is 0.878. The summed E-state index contributed by atoms with van der Waals surface area (Å²) in [4.78, 5) is 37.2. The van der Waals surface area contributed by atoms with E-state index in [1.807, 2.05) is 0 Å². The SMILES string of the molecule is C=C(C)[C@@H]1CC[C@]2(C(=O)NCCCCCCCC(=O)N[C@@H](C)C(=O)O)CC[C@]3(C)[C@H](CCC4[C@@]5(C)CC[C@H](O)C(C)(C)[C@@H]5CC[C@]43C)[C@@H]12. The predicted molar refractivity (Wildman–Crippen MR) is 191 cm³/mol. The molecule has 272 valence electrons. The van der Waals surface area contributed by atoms with Crippen molar-refractivity contribution in [3.05, 3.63) is 12.2 Å². The topological polar surface area (TPSA) is 116 Å². The Labute approximate surface area is 291 Å². The van der Waals surface area contributed by atoms with E-state index in [0.29, 0.717) is 42.6 Å². The highest BCUT2D eigenvalue weighted by Gasteiger charge is 2.71. The first-order valence-electron chi connectivity index (χ1n) is 19.6. The van der Waals surface area contributed by atoms with Gasteiger partial charge in [-0.05, 0) is 142 Å². The molecule has 0 saturated heterocycles. The Morgan fingerprint density at radius 2 is 1.50 bits per heavy atom. The number of hydrogen-bond acceptors (Lipinski definition) is 4. The maximum atomic E-state index is 14.3. The van der Waals surface area contributed by atoms with Crippen molar-refractivity contribution in [3.63, 3.8) is 0 Å². The second kappa shape index (κ2) is 13.7. The molecular formula is C41H68N2O5. The second-order valence-electron chi connectivity index (χ2n) is 18.6. The molecule has 5 fully saturated rings. The third-order valence-corrected chi connectivity index (χ3v) is 16.1. The van der Waals surface area contributed by atoms with E-state index in [4.69, 9.17) is 5.11 Å². The number of carboxylic acid groups (broad SMARTS) is 1. The highest BCUT2D eigenvalue weighted by molar-refractivity contribution is 5.84. The Hall–Kier alpha value is -1.89. The van der Waals surface area contributed by atoms with E-state index >= 15 is 0 Å². The molecule has 1 unspecified atom stereocenters. The van der Waals surface area contributed by atoms with Gasteiger partial charge in [0.2, 0.25) is 11.8 Å². The molecule has 5 aliphatic rings. The van der Waals surface area contributed by atoms with Crippen molar-refractivity contribution >= 4 is 17.8 Å². The summed E-state index contributed by atoms with van der Waals surface area (Å²) in [7, 11) is 0. The van der Waals surface area contributed by atoms with Crippen molar-refractivity contribution in [1.29, 1.82) is 0 Å². The minimum absolute atomic E-state index is 0.0406. The van der Waals surface area contributed by atoms with E-state index in [9.17, 15) is 19.5 Å². The van der Waals surface area contributed by atoms with Crippen molar-refractivity contribution in [2.24, 2.45) is 56.7 Å². The van der Waals surface area contributed by atoms with Crippen molar-refractivity contribution in [3.8, 4) is 0 Å². The summed E-state index contributed by atoms with van der Waals surface area (Å²) in [5.74, 6) is 1.57. The molecule has 7 heteroatoms. The van der Waals surface area contributed by atoms with Crippen LogP contribution in [0.4, 0.5) is 0 Å². The number of nitrogens with one attached hydrogen (secondary N) is 2. The van der Waals surface area contributed by atoms with Gasteiger partial charge in [-0.1, -0.05) is 66.0 Å². The van der Waals surface area contributed by atoms with Gasteiger partial charge >= 0.3 is 5.97 Å². The lowest BCUT2D eigenvalue weighted by Crippen LogP contribution is -2.67. The zero-order chi connectivity index (χ0) is 35.3. The van der Waals surface area contributed by atoms with Gasteiger partial charge in [0.05, 0.1) is 11.5 Å². The largest absolute Gasteiger partial charge is 0.480 e. The molecule has 0 bridgehead atoms. The molecule has 0 spiro atoms. The first-order chi connectivity index (χ1) is 22.5. The van der Waals surface area contributed by atoms with Gasteiger partial charge in [0.15, 0.2) is 0 Å². The molecule has 0 aromatic rings. The number of carbonyl (C=O) groups is 3. The summed E-state index contributed by atoms with van der Waals surface area (Å²) in [6.45, 7) is 21.4. The minimum atomic E-state index is -1.02. The van der Waals surface area contributed by atoms with Crippen molar-refractivity contribution in [2.45, 2.75) is 163 Å². The van der Waals surface area contributed by atoms with Gasteiger partial charge in [-0.25, -0.2) is 0 Å². The fourth-order valence-electron chi connectivity index (χ4n) is 13.2. The number of amides is 2. The Morgan fingerprint density at radius 3 is 2.19 bits per heavy atom. The van der Waals surface area contributed by atoms with E-state index < -0.39 is 12.0 Å². The van der Waals surface area contributed by atoms with Gasteiger partial charge in [0, 0.05) is 13.0 Å². The monoisotopic (exact) mass is 669 g/mol. The van der Waals surface area contributed by atoms with E-state index in [1.54, 1.807) is 0 Å². The maximum Gasteiger partial charge on any atom is 0.325 e. The molecule has 0 aliphatic heterocycles. The number of carboxylic acids is 1. The molecule has 0 radical (unpaired) electrons. The summed E-state index contributed by atoms with van der Waals surface area (Å²) >= 11 is 0. The molecule has 0 aromatic carbocycles. The first-order valence-corrected chi connectivity index (χ1v) is 19.6. The van der Waals surface area contributed by atoms with Crippen LogP contribution in [0.3, 0.4) is 0 Å². The van der Waals surface area contributed by atoms with E-state index in [2.05, 4.69) is 58.8 Å². The van der Waals surface area contributed by atoms with Gasteiger partial charge in [0.1, 0.15) is 6.04 Å². The summed E-state index contributed by atoms with van der Waals surface area (Å²) in [6.07, 6.45) is 15.9. The number of fused-ring (bicyclic) bond motifs is 7. The standard InChI is InChI=1S/C41H68N2O5/c1-26(2)28-17-22-41(36(48)42-25-13-11-9-10-12-14-33(45)43-27(3)35(46)47)24-23-39(7)29(34(28)41)15-16-31-38(6)20-19-32(44)37(4,5)30(38)18-21-40(31,39)8/h27-32,34,44H,1,9-25H2,2-8H3,(H,42,48)(H,43,45)(H,46,47)/t27-,28-,29+,30-,31?,32-,34+,38-,39+,40+,41-/m0/s1. The van der Waals surface area contributed by atoms with Crippen LogP contribution in [0, 0.1) is 56.7 Å². The fourth-order valence-corrected chi connectivity index (χ4v) is 13.2. The lowest BCUT2D eigenvalue weighted by atomic mass is 9.32. The number of hydrogen-bond donors (Lipinski definition) is 4. The van der Waals surface area contributed by atoms with Gasteiger partial charge in [-0.3, -0.25) is 14.4 Å². The maximum absolute atomic E-state index is 14.3. The van der Waals surface area contributed by atoms with Crippen molar-refractivity contribution in [1.82, 2.24) is 10.6 Å². The molecule has 11 atom stereocenters. The molecule has 5 saturated carbocycles. The van der Waals surface area contributed by atoms with Crippen molar-refractivity contribution < 1.29 is 24.6 Å². The zero-order valence-electron chi connectivity index (χ0n) is 31.4. The number of allylic oxidation sites excluding steroid dienone is 1. The molecule has 7 nitrogen and oxygen atoms in total. The molecule has 48 heavy (non-hydrogen) atoms. The first kappa shape index (κ1) is 37.4. The molecule has 4 N–H and O–H groups in total. The van der Waals surface area contributed by atoms with Crippen LogP contribution in [0.15, 0.2) is 12.2 Å². The lowest BCUT2D eigenvalue weighted by Gasteiger charge is -2.72. The third-order valence-electron chi connectivity index (χ3n) is 16.1. The summed E-state index contributed by atoms with van der Waals surface area (Å²) in [5.41, 5.74) is 1.61. The molecule has 5 aliphatic carbocycles. The van der Waals surface area contributed by atoms with Crippen LogP contribution in [-0.4, -0.2) is 46.7 Å². The zero-order valence-corrected chi connectivity index (χ0v) is 31.4. The van der Waals surface area contributed by atoms with Crippen LogP contribution >= 0.6 is 0 Å². The number of carbonyl (C=O) groups excluding carboxylic acids is 2. The van der Waals surface area contributed by atoms with E-state index in [-0.39, 0.29) is 45.0 Å². The van der Waals surface area contributed by atoms with Crippen molar-refractivity contribution in [2.75, 3.05) is 6.54 Å². The van der Waals surface area contributed by atoms with Crippen LogP contribution in [-0.2, 0) is 14.4 Å². The summed E-state index contributed by atoms with van der Waals surface area (Å²) < 4.78 is 0. The second-order valence-corrected chi connectivity index (χ2v) is 18.6. The average Bonchev–Trinajstić information content (AvgIpc) is 3.42. The van der Waals surface area contributed by atoms with E-state index in [1.165, 1.54) is 38.2 Å². The Balaban J connectivity index is 1.22. The molecule has 0 aromatic heterocycles. The van der Waals surface area contributed by atoms with Gasteiger partial charge in [-0.15, -0.1) is 0 Å². The van der Waals surface area contributed by atoms with Crippen LogP contribution < -0.4 is 10.6 Å². The smallest absolute Gasteiger partial charge is 0.325 e. The van der Waals surface area contributed by atoms with E-state index in [0.717, 1.165) is 70.6 Å².